The number of carbonyl (C=O) groups is 1. The molecule has 0 saturated heterocycles. The molecule has 0 aliphatic carbocycles. The molecule has 0 fully saturated rings. The van der Waals surface area contributed by atoms with Gasteiger partial charge < -0.3 is 15.8 Å². The topological polar surface area (TPSA) is 77.2 Å². The number of nitrogens with zero attached hydrogens (tertiary/aromatic N) is 1. The third kappa shape index (κ3) is 2.98. The number of amides is 1. The quantitative estimate of drug-likeness (QED) is 0.886. The van der Waals surface area contributed by atoms with Gasteiger partial charge in [0.15, 0.2) is 11.6 Å². The third-order valence-corrected chi connectivity index (χ3v) is 2.46. The summed E-state index contributed by atoms with van der Waals surface area (Å²) < 4.78 is 18.2. The molecule has 6 heteroatoms. The molecule has 0 radical (unpaired) electrons. The van der Waals surface area contributed by atoms with Gasteiger partial charge in [-0.2, -0.15) is 0 Å². The van der Waals surface area contributed by atoms with Crippen molar-refractivity contribution in [2.75, 3.05) is 18.2 Å². The van der Waals surface area contributed by atoms with Crippen LogP contribution in [0.3, 0.4) is 0 Å². The summed E-state index contributed by atoms with van der Waals surface area (Å²) in [4.78, 5) is 15.7. The maximum Gasteiger partial charge on any atom is 0.257 e. The number of nitrogens with one attached hydrogen (secondary N) is 1. The first-order chi connectivity index (χ1) is 9.10. The van der Waals surface area contributed by atoms with E-state index in [1.165, 1.54) is 37.6 Å². The average molecular weight is 261 g/mol. The van der Waals surface area contributed by atoms with Crippen LogP contribution < -0.4 is 15.8 Å². The van der Waals surface area contributed by atoms with Gasteiger partial charge in [0.05, 0.1) is 12.7 Å². The number of hydrogen-bond acceptors (Lipinski definition) is 4. The number of benzene rings is 1. The highest BCUT2D eigenvalue weighted by molar-refractivity contribution is 6.04. The Labute approximate surface area is 109 Å². The van der Waals surface area contributed by atoms with Crippen LogP contribution in [-0.2, 0) is 0 Å². The van der Waals surface area contributed by atoms with Gasteiger partial charge in [0.25, 0.3) is 5.91 Å². The van der Waals surface area contributed by atoms with E-state index < -0.39 is 11.7 Å². The number of halogens is 1. The molecule has 1 amide bonds. The Kier molecular flexibility index (Phi) is 3.61. The lowest BCUT2D eigenvalue weighted by molar-refractivity contribution is 0.102. The second-order valence-electron chi connectivity index (χ2n) is 3.78. The normalized spacial score (nSPS) is 10.0. The maximum atomic E-state index is 13.5. The molecular formula is C13H12FN3O2. The maximum absolute atomic E-state index is 13.5. The van der Waals surface area contributed by atoms with Crippen molar-refractivity contribution in [3.05, 3.63) is 47.9 Å². The van der Waals surface area contributed by atoms with Crippen molar-refractivity contribution in [1.29, 1.82) is 0 Å². The van der Waals surface area contributed by atoms with E-state index in [2.05, 4.69) is 10.3 Å². The first kappa shape index (κ1) is 12.8. The van der Waals surface area contributed by atoms with Crippen LogP contribution in [0.15, 0.2) is 36.5 Å². The molecule has 0 unspecified atom stereocenters. The van der Waals surface area contributed by atoms with Crippen molar-refractivity contribution in [3.8, 4) is 5.75 Å². The van der Waals surface area contributed by atoms with Gasteiger partial charge >= 0.3 is 0 Å². The lowest BCUT2D eigenvalue weighted by Gasteiger charge is -2.07. The van der Waals surface area contributed by atoms with E-state index in [1.54, 1.807) is 6.07 Å². The fourth-order valence-corrected chi connectivity index (χ4v) is 1.49. The number of carbonyl (C=O) groups excluding carboxylic acids is 1. The van der Waals surface area contributed by atoms with Gasteiger partial charge in [0, 0.05) is 18.0 Å². The summed E-state index contributed by atoms with van der Waals surface area (Å²) in [7, 11) is 1.37. The van der Waals surface area contributed by atoms with E-state index in [0.29, 0.717) is 17.1 Å². The Hall–Kier alpha value is -2.63. The fourth-order valence-electron chi connectivity index (χ4n) is 1.49. The van der Waals surface area contributed by atoms with E-state index in [9.17, 15) is 9.18 Å². The minimum absolute atomic E-state index is 0.118. The second-order valence-corrected chi connectivity index (χ2v) is 3.78. The van der Waals surface area contributed by atoms with Crippen LogP contribution in [0, 0.1) is 5.82 Å². The monoisotopic (exact) mass is 261 g/mol. The molecule has 2 aromatic rings. The lowest BCUT2D eigenvalue weighted by Crippen LogP contribution is -2.12. The van der Waals surface area contributed by atoms with E-state index in [4.69, 9.17) is 10.5 Å². The van der Waals surface area contributed by atoms with Crippen molar-refractivity contribution >= 4 is 17.4 Å². The zero-order valence-corrected chi connectivity index (χ0v) is 10.2. The number of rotatable bonds is 3. The molecule has 0 aliphatic heterocycles. The summed E-state index contributed by atoms with van der Waals surface area (Å²) >= 11 is 0. The summed E-state index contributed by atoms with van der Waals surface area (Å²) in [6, 6.07) is 7.22. The Balaban J connectivity index is 2.14. The van der Waals surface area contributed by atoms with Crippen molar-refractivity contribution in [2.45, 2.75) is 0 Å². The predicted molar refractivity (Wildman–Crippen MR) is 69.6 cm³/mol. The molecule has 0 bridgehead atoms. The largest absolute Gasteiger partial charge is 0.494 e. The van der Waals surface area contributed by atoms with Crippen LogP contribution in [0.5, 0.6) is 5.75 Å². The number of nitrogens with two attached hydrogens (primary N) is 1. The molecule has 0 atom stereocenters. The zero-order chi connectivity index (χ0) is 13.8. The molecule has 1 aromatic carbocycles. The van der Waals surface area contributed by atoms with Gasteiger partial charge in [-0.05, 0) is 24.3 Å². The second kappa shape index (κ2) is 5.34. The van der Waals surface area contributed by atoms with Crippen LogP contribution in [-0.4, -0.2) is 18.0 Å². The van der Waals surface area contributed by atoms with Gasteiger partial charge in [-0.15, -0.1) is 0 Å². The van der Waals surface area contributed by atoms with E-state index in [-0.39, 0.29) is 5.75 Å². The summed E-state index contributed by atoms with van der Waals surface area (Å²) in [6.07, 6.45) is 1.35. The van der Waals surface area contributed by atoms with Gasteiger partial charge in [-0.3, -0.25) is 4.79 Å². The number of methoxy groups -OCH3 is 1. The molecule has 1 heterocycles. The van der Waals surface area contributed by atoms with Gasteiger partial charge in [0.1, 0.15) is 5.82 Å². The predicted octanol–water partition coefficient (Wildman–Crippen LogP) is 2.06. The standard InChI is InChI=1S/C13H12FN3O2/c1-19-11-4-3-9(6-10(11)14)17-13(18)8-2-5-12(15)16-7-8/h2-7H,1H3,(H2,15,16)(H,17,18). The molecule has 1 aromatic heterocycles. The van der Waals surface area contributed by atoms with Crippen LogP contribution in [0.1, 0.15) is 10.4 Å². The first-order valence-corrected chi connectivity index (χ1v) is 5.46. The first-order valence-electron chi connectivity index (χ1n) is 5.46. The van der Waals surface area contributed by atoms with E-state index >= 15 is 0 Å². The summed E-state index contributed by atoms with van der Waals surface area (Å²) in [5.41, 5.74) is 6.10. The van der Waals surface area contributed by atoms with Crippen LogP contribution >= 0.6 is 0 Å². The molecule has 0 spiro atoms. The number of ether oxygens (including phenoxy) is 1. The summed E-state index contributed by atoms with van der Waals surface area (Å²) in [6.45, 7) is 0. The molecule has 0 aliphatic rings. The molecule has 5 nitrogen and oxygen atoms in total. The zero-order valence-electron chi connectivity index (χ0n) is 10.2. The van der Waals surface area contributed by atoms with Gasteiger partial charge in [0.2, 0.25) is 0 Å². The molecule has 0 saturated carbocycles. The number of anilines is 2. The number of pyridine rings is 1. The smallest absolute Gasteiger partial charge is 0.257 e. The number of hydrogen-bond donors (Lipinski definition) is 2. The summed E-state index contributed by atoms with van der Waals surface area (Å²) in [5.74, 6) is -0.494. The minimum Gasteiger partial charge on any atom is -0.494 e. The summed E-state index contributed by atoms with van der Waals surface area (Å²) in [5, 5.41) is 2.55. The Morgan fingerprint density at radius 2 is 2.16 bits per heavy atom. The van der Waals surface area contributed by atoms with Gasteiger partial charge in [-0.25, -0.2) is 9.37 Å². The number of aromatic nitrogens is 1. The SMILES string of the molecule is COc1ccc(NC(=O)c2ccc(N)nc2)cc1F. The Bertz CT molecular complexity index is 599. The lowest BCUT2D eigenvalue weighted by atomic mass is 10.2. The molecule has 98 valence electrons. The van der Waals surface area contributed by atoms with E-state index in [0.717, 1.165) is 0 Å². The highest BCUT2D eigenvalue weighted by atomic mass is 19.1. The highest BCUT2D eigenvalue weighted by Gasteiger charge is 2.08. The molecule has 3 N–H and O–H groups in total. The fraction of sp³-hybridized carbons (Fsp3) is 0.0769. The third-order valence-electron chi connectivity index (χ3n) is 2.46. The van der Waals surface area contributed by atoms with Gasteiger partial charge in [-0.1, -0.05) is 0 Å². The average Bonchev–Trinajstić information content (AvgIpc) is 2.39. The van der Waals surface area contributed by atoms with Crippen LogP contribution in [0.4, 0.5) is 15.9 Å². The number of nitrogen functional groups attached to an aromatic ring is 1. The van der Waals surface area contributed by atoms with Crippen LogP contribution in [0.2, 0.25) is 0 Å². The Morgan fingerprint density at radius 3 is 2.74 bits per heavy atom. The minimum atomic E-state index is -0.546. The van der Waals surface area contributed by atoms with Crippen molar-refractivity contribution in [3.63, 3.8) is 0 Å². The van der Waals surface area contributed by atoms with E-state index in [1.807, 2.05) is 0 Å². The molecule has 2 rings (SSSR count). The van der Waals surface area contributed by atoms with Crippen LogP contribution in [0.25, 0.3) is 0 Å². The Morgan fingerprint density at radius 1 is 1.37 bits per heavy atom. The van der Waals surface area contributed by atoms with Crippen molar-refractivity contribution < 1.29 is 13.9 Å². The molecular weight excluding hydrogens is 249 g/mol. The highest BCUT2D eigenvalue weighted by Crippen LogP contribution is 2.21. The van der Waals surface area contributed by atoms with Crippen molar-refractivity contribution in [1.82, 2.24) is 4.98 Å². The van der Waals surface area contributed by atoms with Crippen molar-refractivity contribution in [2.24, 2.45) is 0 Å². The molecule has 19 heavy (non-hydrogen) atoms.